The number of rotatable bonds is 5. The average Bonchev–Trinajstić information content (AvgIpc) is 2.69. The number of pyridine rings is 2. The minimum absolute atomic E-state index is 0.189. The van der Waals surface area contributed by atoms with Crippen LogP contribution in [-0.2, 0) is 6.54 Å². The van der Waals surface area contributed by atoms with Gasteiger partial charge >= 0.3 is 0 Å². The van der Waals surface area contributed by atoms with Crippen LogP contribution in [0.4, 0.5) is 5.69 Å². The molecule has 6 nitrogen and oxygen atoms in total. The van der Waals surface area contributed by atoms with Gasteiger partial charge < -0.3 is 10.6 Å². The number of carbonyl (C=O) groups is 2. The highest BCUT2D eigenvalue weighted by Crippen LogP contribution is 2.22. The zero-order valence-electron chi connectivity index (χ0n) is 16.1. The summed E-state index contributed by atoms with van der Waals surface area (Å²) in [6, 6.07) is 10.8. The molecular formula is C22H22N4O2. The number of anilines is 1. The highest BCUT2D eigenvalue weighted by atomic mass is 16.2. The van der Waals surface area contributed by atoms with Crippen molar-refractivity contribution < 1.29 is 9.59 Å². The summed E-state index contributed by atoms with van der Waals surface area (Å²) in [6.07, 6.45) is 4.82. The molecule has 0 fully saturated rings. The van der Waals surface area contributed by atoms with Crippen molar-refractivity contribution in [3.8, 4) is 0 Å². The molecule has 2 heterocycles. The maximum atomic E-state index is 12.7. The van der Waals surface area contributed by atoms with Gasteiger partial charge in [0.2, 0.25) is 0 Å². The first kappa shape index (κ1) is 19.2. The Balaban J connectivity index is 1.72. The first-order valence-electron chi connectivity index (χ1n) is 8.96. The van der Waals surface area contributed by atoms with E-state index in [-0.39, 0.29) is 17.5 Å². The van der Waals surface area contributed by atoms with Crippen LogP contribution in [0.25, 0.3) is 0 Å². The van der Waals surface area contributed by atoms with Gasteiger partial charge in [0.1, 0.15) is 5.69 Å². The Morgan fingerprint density at radius 3 is 2.39 bits per heavy atom. The quantitative estimate of drug-likeness (QED) is 0.715. The van der Waals surface area contributed by atoms with Gasteiger partial charge in [-0.3, -0.25) is 19.6 Å². The van der Waals surface area contributed by atoms with Crippen LogP contribution in [0.1, 0.15) is 43.1 Å². The van der Waals surface area contributed by atoms with E-state index in [0.29, 0.717) is 12.1 Å². The number of carbonyl (C=O) groups excluding carboxylic acids is 2. The summed E-state index contributed by atoms with van der Waals surface area (Å²) in [6.45, 7) is 6.27. The molecule has 0 saturated heterocycles. The average molecular weight is 374 g/mol. The van der Waals surface area contributed by atoms with E-state index in [1.54, 1.807) is 24.5 Å². The molecule has 3 aromatic rings. The first-order valence-corrected chi connectivity index (χ1v) is 8.96. The van der Waals surface area contributed by atoms with E-state index in [4.69, 9.17) is 0 Å². The molecule has 0 saturated carbocycles. The molecule has 2 aromatic heterocycles. The van der Waals surface area contributed by atoms with Crippen molar-refractivity contribution in [2.75, 3.05) is 5.32 Å². The molecule has 0 bridgehead atoms. The van der Waals surface area contributed by atoms with Crippen molar-refractivity contribution >= 4 is 17.5 Å². The lowest BCUT2D eigenvalue weighted by Gasteiger charge is -2.13. The maximum Gasteiger partial charge on any atom is 0.270 e. The van der Waals surface area contributed by atoms with Gasteiger partial charge in [0.05, 0.1) is 0 Å². The minimum Gasteiger partial charge on any atom is -0.347 e. The smallest absolute Gasteiger partial charge is 0.270 e. The fourth-order valence-corrected chi connectivity index (χ4v) is 3.03. The van der Waals surface area contributed by atoms with Crippen LogP contribution in [0.15, 0.2) is 55.0 Å². The number of aryl methyl sites for hydroxylation is 3. The van der Waals surface area contributed by atoms with Crippen LogP contribution in [0.5, 0.6) is 0 Å². The number of amides is 2. The van der Waals surface area contributed by atoms with Crippen molar-refractivity contribution in [1.82, 2.24) is 15.3 Å². The van der Waals surface area contributed by atoms with Gasteiger partial charge in [0.15, 0.2) is 0 Å². The molecule has 3 rings (SSSR count). The maximum absolute atomic E-state index is 12.7. The molecule has 0 radical (unpaired) electrons. The van der Waals surface area contributed by atoms with Crippen LogP contribution < -0.4 is 10.6 Å². The Bertz CT molecular complexity index is 993. The predicted octanol–water partition coefficient (Wildman–Crippen LogP) is 3.58. The van der Waals surface area contributed by atoms with E-state index in [1.807, 2.05) is 39.0 Å². The molecule has 2 N–H and O–H groups in total. The largest absolute Gasteiger partial charge is 0.347 e. The normalized spacial score (nSPS) is 10.4. The lowest BCUT2D eigenvalue weighted by atomic mass is 10.0. The topological polar surface area (TPSA) is 84.0 Å². The zero-order chi connectivity index (χ0) is 20.1. The molecule has 1 aromatic carbocycles. The number of nitrogens with one attached hydrogen (secondary N) is 2. The molecule has 0 aliphatic heterocycles. The van der Waals surface area contributed by atoms with Crippen molar-refractivity contribution in [3.05, 3.63) is 88.5 Å². The number of nitrogens with zero attached hydrogens (tertiary/aromatic N) is 2. The Morgan fingerprint density at radius 1 is 0.964 bits per heavy atom. The van der Waals surface area contributed by atoms with Gasteiger partial charge in [-0.25, -0.2) is 0 Å². The molecular weight excluding hydrogens is 352 g/mol. The lowest BCUT2D eigenvalue weighted by molar-refractivity contribution is 0.0946. The summed E-state index contributed by atoms with van der Waals surface area (Å²) >= 11 is 0. The van der Waals surface area contributed by atoms with Gasteiger partial charge in [-0.1, -0.05) is 23.8 Å². The molecule has 28 heavy (non-hydrogen) atoms. The fourth-order valence-electron chi connectivity index (χ4n) is 3.03. The summed E-state index contributed by atoms with van der Waals surface area (Å²) in [5, 5.41) is 5.72. The van der Waals surface area contributed by atoms with E-state index >= 15 is 0 Å². The van der Waals surface area contributed by atoms with E-state index < -0.39 is 0 Å². The van der Waals surface area contributed by atoms with Gasteiger partial charge in [-0.15, -0.1) is 0 Å². The van der Waals surface area contributed by atoms with Crippen LogP contribution in [0, 0.1) is 20.8 Å². The molecule has 0 aliphatic rings. The predicted molar refractivity (Wildman–Crippen MR) is 108 cm³/mol. The van der Waals surface area contributed by atoms with Crippen molar-refractivity contribution in [1.29, 1.82) is 0 Å². The lowest BCUT2D eigenvalue weighted by Crippen LogP contribution is -2.24. The Morgan fingerprint density at radius 2 is 1.71 bits per heavy atom. The van der Waals surface area contributed by atoms with E-state index in [0.717, 1.165) is 27.9 Å². The molecule has 0 unspecified atom stereocenters. The molecule has 2 amide bonds. The van der Waals surface area contributed by atoms with Gasteiger partial charge in [-0.05, 0) is 55.7 Å². The second-order valence-corrected chi connectivity index (χ2v) is 6.70. The summed E-state index contributed by atoms with van der Waals surface area (Å²) in [5.74, 6) is -0.625. The molecule has 0 spiro atoms. The summed E-state index contributed by atoms with van der Waals surface area (Å²) < 4.78 is 0. The highest BCUT2D eigenvalue weighted by molar-refractivity contribution is 6.06. The van der Waals surface area contributed by atoms with Crippen molar-refractivity contribution in [2.45, 2.75) is 27.3 Å². The molecule has 0 aliphatic carbocycles. The third kappa shape index (κ3) is 4.59. The first-order chi connectivity index (χ1) is 13.4. The van der Waals surface area contributed by atoms with Crippen LogP contribution in [0.2, 0.25) is 0 Å². The van der Waals surface area contributed by atoms with E-state index in [2.05, 4.69) is 20.6 Å². The Labute approximate surface area is 164 Å². The monoisotopic (exact) mass is 374 g/mol. The van der Waals surface area contributed by atoms with Gasteiger partial charge in [0.25, 0.3) is 11.8 Å². The third-order valence-electron chi connectivity index (χ3n) is 4.35. The van der Waals surface area contributed by atoms with Crippen LogP contribution >= 0.6 is 0 Å². The zero-order valence-corrected chi connectivity index (χ0v) is 16.1. The van der Waals surface area contributed by atoms with Gasteiger partial charge in [0, 0.05) is 36.4 Å². The van der Waals surface area contributed by atoms with E-state index in [9.17, 15) is 9.59 Å². The Kier molecular flexibility index (Phi) is 5.79. The van der Waals surface area contributed by atoms with Crippen LogP contribution in [0.3, 0.4) is 0 Å². The minimum atomic E-state index is -0.346. The van der Waals surface area contributed by atoms with Gasteiger partial charge in [-0.2, -0.15) is 0 Å². The second kappa shape index (κ2) is 8.43. The summed E-state index contributed by atoms with van der Waals surface area (Å²) in [4.78, 5) is 33.1. The SMILES string of the molecule is Cc1cc(C)c(NC(=O)c2ccnc(C(=O)NCc3cccnc3)c2)c(C)c1. The van der Waals surface area contributed by atoms with Crippen molar-refractivity contribution in [3.63, 3.8) is 0 Å². The summed E-state index contributed by atoms with van der Waals surface area (Å²) in [5.41, 5.74) is 5.37. The Hall–Kier alpha value is -3.54. The highest BCUT2D eigenvalue weighted by Gasteiger charge is 2.14. The second-order valence-electron chi connectivity index (χ2n) is 6.70. The molecule has 0 atom stereocenters. The van der Waals surface area contributed by atoms with E-state index in [1.165, 1.54) is 12.3 Å². The molecule has 6 heteroatoms. The number of aromatic nitrogens is 2. The summed E-state index contributed by atoms with van der Waals surface area (Å²) in [7, 11) is 0. The number of hydrogen-bond acceptors (Lipinski definition) is 4. The number of benzene rings is 1. The third-order valence-corrected chi connectivity index (χ3v) is 4.35. The standard InChI is InChI=1S/C22H22N4O2/c1-14-9-15(2)20(16(3)10-14)26-21(27)18-6-8-24-19(11-18)22(28)25-13-17-5-4-7-23-12-17/h4-12H,13H2,1-3H3,(H,25,28)(H,26,27). The van der Waals surface area contributed by atoms with Crippen LogP contribution in [-0.4, -0.2) is 21.8 Å². The number of hydrogen-bond donors (Lipinski definition) is 2. The molecule has 142 valence electrons. The van der Waals surface area contributed by atoms with Crippen molar-refractivity contribution in [2.24, 2.45) is 0 Å². The fraction of sp³-hybridized carbons (Fsp3) is 0.182.